The van der Waals surface area contributed by atoms with E-state index in [1.54, 1.807) is 12.1 Å². The highest BCUT2D eigenvalue weighted by Gasteiger charge is 2.17. The maximum absolute atomic E-state index is 12.2. The molecule has 0 spiro atoms. The molecule has 0 aliphatic heterocycles. The molecule has 24 heavy (non-hydrogen) atoms. The molecule has 5 heteroatoms. The molecule has 2 amide bonds. The van der Waals surface area contributed by atoms with Crippen molar-refractivity contribution < 1.29 is 9.59 Å². The molecule has 2 aromatic rings. The van der Waals surface area contributed by atoms with Crippen molar-refractivity contribution >= 4 is 29.1 Å². The number of halogens is 1. The monoisotopic (exact) mass is 344 g/mol. The molecule has 0 heterocycles. The minimum absolute atomic E-state index is 0.205. The van der Waals surface area contributed by atoms with Gasteiger partial charge >= 0.3 is 11.8 Å². The highest BCUT2D eigenvalue weighted by molar-refractivity contribution is 6.39. The fraction of sp³-hybridized carbons (Fsp3) is 0.263. The van der Waals surface area contributed by atoms with E-state index in [-0.39, 0.29) is 12.5 Å². The van der Waals surface area contributed by atoms with Crippen LogP contribution in [0.1, 0.15) is 36.5 Å². The summed E-state index contributed by atoms with van der Waals surface area (Å²) in [6.45, 7) is 6.20. The molecule has 4 nitrogen and oxygen atoms in total. The molecule has 0 atom stereocenters. The van der Waals surface area contributed by atoms with Crippen LogP contribution in [0.2, 0.25) is 5.02 Å². The largest absolute Gasteiger partial charge is 0.344 e. The normalized spacial score (nSPS) is 10.5. The predicted octanol–water partition coefficient (Wildman–Crippen LogP) is 4.03. The Kier molecular flexibility index (Phi) is 5.99. The minimum atomic E-state index is -0.687. The van der Waals surface area contributed by atoms with Gasteiger partial charge in [0.1, 0.15) is 0 Å². The highest BCUT2D eigenvalue weighted by atomic mass is 35.5. The molecular formula is C19H21ClN2O2. The van der Waals surface area contributed by atoms with Crippen molar-refractivity contribution in [2.45, 2.75) is 33.2 Å². The van der Waals surface area contributed by atoms with Gasteiger partial charge in [0, 0.05) is 17.3 Å². The highest BCUT2D eigenvalue weighted by Crippen LogP contribution is 2.27. The van der Waals surface area contributed by atoms with Gasteiger partial charge in [0.05, 0.1) is 0 Å². The summed E-state index contributed by atoms with van der Waals surface area (Å²) in [6.07, 6.45) is 0. The lowest BCUT2D eigenvalue weighted by Gasteiger charge is -2.16. The van der Waals surface area contributed by atoms with Crippen LogP contribution in [0, 0.1) is 6.92 Å². The third-order valence-electron chi connectivity index (χ3n) is 3.77. The number of benzene rings is 2. The van der Waals surface area contributed by atoms with Crippen molar-refractivity contribution in [2.75, 3.05) is 5.32 Å². The Morgan fingerprint density at radius 1 is 1.04 bits per heavy atom. The number of hydrogen-bond acceptors (Lipinski definition) is 2. The van der Waals surface area contributed by atoms with Crippen LogP contribution >= 0.6 is 11.6 Å². The number of carbonyl (C=O) groups is 2. The topological polar surface area (TPSA) is 58.2 Å². The number of nitrogens with one attached hydrogen (secondary N) is 2. The minimum Gasteiger partial charge on any atom is -0.344 e. The first-order valence-electron chi connectivity index (χ1n) is 7.82. The van der Waals surface area contributed by atoms with Crippen LogP contribution in [0.3, 0.4) is 0 Å². The number of anilines is 1. The zero-order valence-electron chi connectivity index (χ0n) is 14.0. The summed E-state index contributed by atoms with van der Waals surface area (Å²) in [6, 6.07) is 13.0. The Labute approximate surface area is 147 Å². The van der Waals surface area contributed by atoms with E-state index in [2.05, 4.69) is 10.6 Å². The third-order valence-corrected chi connectivity index (χ3v) is 4.14. The zero-order valence-corrected chi connectivity index (χ0v) is 14.8. The number of hydrogen-bond donors (Lipinski definition) is 2. The van der Waals surface area contributed by atoms with Crippen LogP contribution < -0.4 is 10.6 Å². The fourth-order valence-corrected chi connectivity index (χ4v) is 2.61. The van der Waals surface area contributed by atoms with Crippen molar-refractivity contribution in [1.82, 2.24) is 5.32 Å². The third kappa shape index (κ3) is 4.36. The van der Waals surface area contributed by atoms with Crippen molar-refractivity contribution in [3.63, 3.8) is 0 Å². The molecule has 0 radical (unpaired) electrons. The summed E-state index contributed by atoms with van der Waals surface area (Å²) in [5.74, 6) is -1.13. The lowest BCUT2D eigenvalue weighted by Crippen LogP contribution is -2.35. The molecule has 0 bridgehead atoms. The number of aryl methyl sites for hydroxylation is 1. The number of carbonyl (C=O) groups excluding carboxylic acids is 2. The Morgan fingerprint density at radius 2 is 1.75 bits per heavy atom. The van der Waals surface area contributed by atoms with E-state index < -0.39 is 11.8 Å². The van der Waals surface area contributed by atoms with Crippen LogP contribution in [0.5, 0.6) is 0 Å². The summed E-state index contributed by atoms with van der Waals surface area (Å²) in [7, 11) is 0. The molecule has 0 saturated heterocycles. The van der Waals surface area contributed by atoms with Crippen LogP contribution in [-0.2, 0) is 16.1 Å². The first kappa shape index (κ1) is 18.0. The maximum Gasteiger partial charge on any atom is 0.313 e. The Morgan fingerprint density at radius 3 is 2.42 bits per heavy atom. The van der Waals surface area contributed by atoms with E-state index >= 15 is 0 Å². The van der Waals surface area contributed by atoms with Gasteiger partial charge in [-0.2, -0.15) is 0 Å². The van der Waals surface area contributed by atoms with Gasteiger partial charge in [0.2, 0.25) is 0 Å². The Bertz CT molecular complexity index is 757. The summed E-state index contributed by atoms with van der Waals surface area (Å²) < 4.78 is 0. The SMILES string of the molecule is Cc1cccc(C(C)C)c1NC(=O)C(=O)NCc1ccccc1Cl. The lowest BCUT2D eigenvalue weighted by molar-refractivity contribution is -0.136. The van der Waals surface area contributed by atoms with E-state index in [0.717, 1.165) is 16.7 Å². The summed E-state index contributed by atoms with van der Waals surface area (Å²) in [5, 5.41) is 5.87. The van der Waals surface area contributed by atoms with Gasteiger partial charge < -0.3 is 10.6 Å². The van der Waals surface area contributed by atoms with E-state index in [4.69, 9.17) is 11.6 Å². The zero-order chi connectivity index (χ0) is 17.7. The molecular weight excluding hydrogens is 324 g/mol. The van der Waals surface area contributed by atoms with Gasteiger partial charge in [-0.25, -0.2) is 0 Å². The number of rotatable bonds is 4. The Hall–Kier alpha value is -2.33. The first-order valence-corrected chi connectivity index (χ1v) is 8.20. The second-order valence-electron chi connectivity index (χ2n) is 5.92. The molecule has 0 fully saturated rings. The molecule has 0 saturated carbocycles. The molecule has 126 valence electrons. The van der Waals surface area contributed by atoms with Crippen molar-refractivity contribution in [3.8, 4) is 0 Å². The van der Waals surface area contributed by atoms with Gasteiger partial charge in [0.25, 0.3) is 0 Å². The standard InChI is InChI=1S/C19H21ClN2O2/c1-12(2)15-9-6-7-13(3)17(15)22-19(24)18(23)21-11-14-8-4-5-10-16(14)20/h4-10,12H,11H2,1-3H3,(H,21,23)(H,22,24). The van der Waals surface area contributed by atoms with E-state index in [1.165, 1.54) is 0 Å². The summed E-state index contributed by atoms with van der Waals surface area (Å²) >= 11 is 6.04. The molecule has 2 aromatic carbocycles. The van der Waals surface area contributed by atoms with Gasteiger partial charge in [0.15, 0.2) is 0 Å². The van der Waals surface area contributed by atoms with E-state index in [9.17, 15) is 9.59 Å². The number of para-hydroxylation sites is 1. The van der Waals surface area contributed by atoms with Crippen molar-refractivity contribution in [1.29, 1.82) is 0 Å². The molecule has 2 rings (SSSR count). The molecule has 0 unspecified atom stereocenters. The van der Waals surface area contributed by atoms with Crippen LogP contribution in [0.25, 0.3) is 0 Å². The van der Waals surface area contributed by atoms with Crippen molar-refractivity contribution in [3.05, 3.63) is 64.2 Å². The maximum atomic E-state index is 12.2. The quantitative estimate of drug-likeness (QED) is 0.823. The van der Waals surface area contributed by atoms with Crippen molar-refractivity contribution in [2.24, 2.45) is 0 Å². The van der Waals surface area contributed by atoms with Gasteiger partial charge in [-0.1, -0.05) is 61.8 Å². The second-order valence-corrected chi connectivity index (χ2v) is 6.33. The second kappa shape index (κ2) is 7.97. The van der Waals surface area contributed by atoms with Gasteiger partial charge in [-0.05, 0) is 35.6 Å². The van der Waals surface area contributed by atoms with Crippen LogP contribution in [-0.4, -0.2) is 11.8 Å². The molecule has 0 aliphatic carbocycles. The molecule has 2 N–H and O–H groups in total. The smallest absolute Gasteiger partial charge is 0.313 e. The van der Waals surface area contributed by atoms with Gasteiger partial charge in [-0.15, -0.1) is 0 Å². The van der Waals surface area contributed by atoms with Crippen LogP contribution in [0.4, 0.5) is 5.69 Å². The van der Waals surface area contributed by atoms with E-state index in [1.807, 2.05) is 51.1 Å². The van der Waals surface area contributed by atoms with Crippen LogP contribution in [0.15, 0.2) is 42.5 Å². The molecule has 0 aromatic heterocycles. The first-order chi connectivity index (χ1) is 11.4. The average Bonchev–Trinajstić information content (AvgIpc) is 2.55. The summed E-state index contributed by atoms with van der Waals surface area (Å²) in [4.78, 5) is 24.2. The summed E-state index contributed by atoms with van der Waals surface area (Å²) in [5.41, 5.74) is 3.39. The lowest BCUT2D eigenvalue weighted by atomic mass is 9.98. The van der Waals surface area contributed by atoms with Gasteiger partial charge in [-0.3, -0.25) is 9.59 Å². The fourth-order valence-electron chi connectivity index (χ4n) is 2.41. The number of amides is 2. The predicted molar refractivity (Wildman–Crippen MR) is 97.2 cm³/mol. The van der Waals surface area contributed by atoms with E-state index in [0.29, 0.717) is 10.7 Å². The molecule has 0 aliphatic rings. The Balaban J connectivity index is 2.05. The average molecular weight is 345 g/mol.